The second-order valence-corrected chi connectivity index (χ2v) is 4.52. The molecule has 0 aromatic heterocycles. The van der Waals surface area contributed by atoms with Gasteiger partial charge in [0.2, 0.25) is 0 Å². The molecule has 1 aromatic rings. The van der Waals surface area contributed by atoms with Gasteiger partial charge in [0, 0.05) is 6.42 Å². The van der Waals surface area contributed by atoms with Gasteiger partial charge in [0.05, 0.1) is 12.2 Å². The standard InChI is InChI=1S/C14H22O2/c1-5-13-6-10(2)7-14(9-13)16-12(4)8-11(3)15/h6-7,9,11-12,15H,5,8H2,1-4H3/t11-,12+/m1/s1. The van der Waals surface area contributed by atoms with Crippen molar-refractivity contribution < 1.29 is 9.84 Å². The van der Waals surface area contributed by atoms with E-state index in [-0.39, 0.29) is 12.2 Å². The minimum absolute atomic E-state index is 0.0477. The lowest BCUT2D eigenvalue weighted by Crippen LogP contribution is -2.18. The number of benzene rings is 1. The summed E-state index contributed by atoms with van der Waals surface area (Å²) < 4.78 is 5.79. The van der Waals surface area contributed by atoms with Gasteiger partial charge >= 0.3 is 0 Å². The number of aliphatic hydroxyl groups excluding tert-OH is 1. The summed E-state index contributed by atoms with van der Waals surface area (Å²) in [6.07, 6.45) is 1.41. The second-order valence-electron chi connectivity index (χ2n) is 4.52. The monoisotopic (exact) mass is 222 g/mol. The predicted octanol–water partition coefficient (Wildman–Crippen LogP) is 3.10. The van der Waals surface area contributed by atoms with E-state index in [1.54, 1.807) is 6.92 Å². The van der Waals surface area contributed by atoms with E-state index in [1.807, 2.05) is 13.0 Å². The molecule has 0 heterocycles. The molecule has 0 fully saturated rings. The van der Waals surface area contributed by atoms with Gasteiger partial charge in [-0.3, -0.25) is 0 Å². The highest BCUT2D eigenvalue weighted by Gasteiger charge is 2.08. The number of hydrogen-bond acceptors (Lipinski definition) is 2. The van der Waals surface area contributed by atoms with Gasteiger partial charge < -0.3 is 9.84 Å². The molecule has 2 heteroatoms. The second kappa shape index (κ2) is 5.90. The van der Waals surface area contributed by atoms with Crippen molar-refractivity contribution in [2.75, 3.05) is 0 Å². The third kappa shape index (κ3) is 4.23. The van der Waals surface area contributed by atoms with E-state index < -0.39 is 0 Å². The van der Waals surface area contributed by atoms with Crippen molar-refractivity contribution in [2.24, 2.45) is 0 Å². The minimum Gasteiger partial charge on any atom is -0.491 e. The van der Waals surface area contributed by atoms with Crippen molar-refractivity contribution in [3.8, 4) is 5.75 Å². The average molecular weight is 222 g/mol. The third-order valence-corrected chi connectivity index (χ3v) is 2.53. The van der Waals surface area contributed by atoms with Gasteiger partial charge in [-0.1, -0.05) is 13.0 Å². The van der Waals surface area contributed by atoms with Crippen LogP contribution in [0.25, 0.3) is 0 Å². The van der Waals surface area contributed by atoms with Crippen LogP contribution in [0.2, 0.25) is 0 Å². The highest BCUT2D eigenvalue weighted by atomic mass is 16.5. The average Bonchev–Trinajstić information content (AvgIpc) is 2.14. The summed E-state index contributed by atoms with van der Waals surface area (Å²) in [7, 11) is 0. The predicted molar refractivity (Wildman–Crippen MR) is 66.9 cm³/mol. The van der Waals surface area contributed by atoms with Crippen LogP contribution in [-0.2, 0) is 6.42 Å². The molecule has 0 bridgehead atoms. The van der Waals surface area contributed by atoms with Crippen molar-refractivity contribution in [1.29, 1.82) is 0 Å². The lowest BCUT2D eigenvalue weighted by atomic mass is 10.1. The fourth-order valence-corrected chi connectivity index (χ4v) is 1.86. The number of hydrogen-bond donors (Lipinski definition) is 1. The summed E-state index contributed by atoms with van der Waals surface area (Å²) in [6.45, 7) is 7.98. The number of rotatable bonds is 5. The fraction of sp³-hybridized carbons (Fsp3) is 0.571. The summed E-state index contributed by atoms with van der Waals surface area (Å²) >= 11 is 0. The molecule has 16 heavy (non-hydrogen) atoms. The highest BCUT2D eigenvalue weighted by Crippen LogP contribution is 2.19. The summed E-state index contributed by atoms with van der Waals surface area (Å²) in [5.41, 5.74) is 2.51. The van der Waals surface area contributed by atoms with Gasteiger partial charge in [-0.15, -0.1) is 0 Å². The van der Waals surface area contributed by atoms with Gasteiger partial charge in [-0.05, 0) is 50.5 Å². The van der Waals surface area contributed by atoms with Gasteiger partial charge in [0.15, 0.2) is 0 Å². The maximum Gasteiger partial charge on any atom is 0.120 e. The fourth-order valence-electron chi connectivity index (χ4n) is 1.86. The molecule has 0 aliphatic carbocycles. The van der Waals surface area contributed by atoms with E-state index in [4.69, 9.17) is 4.74 Å². The maximum atomic E-state index is 9.28. The maximum absolute atomic E-state index is 9.28. The zero-order valence-electron chi connectivity index (χ0n) is 10.7. The molecule has 1 N–H and O–H groups in total. The minimum atomic E-state index is -0.314. The third-order valence-electron chi connectivity index (χ3n) is 2.53. The molecule has 90 valence electrons. The Morgan fingerprint density at radius 1 is 1.25 bits per heavy atom. The van der Waals surface area contributed by atoms with Crippen LogP contribution in [0, 0.1) is 6.92 Å². The van der Waals surface area contributed by atoms with Crippen LogP contribution in [0.15, 0.2) is 18.2 Å². The topological polar surface area (TPSA) is 29.5 Å². The van der Waals surface area contributed by atoms with E-state index >= 15 is 0 Å². The first-order valence-corrected chi connectivity index (χ1v) is 5.96. The van der Waals surface area contributed by atoms with Gasteiger partial charge in [0.1, 0.15) is 5.75 Å². The van der Waals surface area contributed by atoms with Crippen LogP contribution < -0.4 is 4.74 Å². The molecular formula is C14H22O2. The van der Waals surface area contributed by atoms with Crippen LogP contribution in [-0.4, -0.2) is 17.3 Å². The lowest BCUT2D eigenvalue weighted by molar-refractivity contribution is 0.115. The molecule has 0 saturated carbocycles. The van der Waals surface area contributed by atoms with E-state index in [0.29, 0.717) is 6.42 Å². The van der Waals surface area contributed by atoms with Crippen molar-refractivity contribution in [1.82, 2.24) is 0 Å². The van der Waals surface area contributed by atoms with Crippen molar-refractivity contribution in [2.45, 2.75) is 52.7 Å². The zero-order chi connectivity index (χ0) is 12.1. The summed E-state index contributed by atoms with van der Waals surface area (Å²) in [6, 6.07) is 6.29. The molecule has 0 aliphatic rings. The smallest absolute Gasteiger partial charge is 0.120 e. The van der Waals surface area contributed by atoms with E-state index in [2.05, 4.69) is 26.0 Å². The van der Waals surface area contributed by atoms with Crippen molar-refractivity contribution >= 4 is 0 Å². The first-order valence-electron chi connectivity index (χ1n) is 5.96. The van der Waals surface area contributed by atoms with Crippen molar-refractivity contribution in [3.63, 3.8) is 0 Å². The molecule has 0 aliphatic heterocycles. The Kier molecular flexibility index (Phi) is 4.81. The molecule has 0 unspecified atom stereocenters. The van der Waals surface area contributed by atoms with Gasteiger partial charge in [-0.2, -0.15) is 0 Å². The molecular weight excluding hydrogens is 200 g/mol. The Labute approximate surface area is 98.3 Å². The number of aliphatic hydroxyl groups is 1. The van der Waals surface area contributed by atoms with Gasteiger partial charge in [-0.25, -0.2) is 0 Å². The van der Waals surface area contributed by atoms with E-state index in [0.717, 1.165) is 12.2 Å². The van der Waals surface area contributed by atoms with Crippen LogP contribution >= 0.6 is 0 Å². The lowest BCUT2D eigenvalue weighted by Gasteiger charge is -2.17. The van der Waals surface area contributed by atoms with E-state index in [1.165, 1.54) is 11.1 Å². The Balaban J connectivity index is 2.69. The number of ether oxygens (including phenoxy) is 1. The highest BCUT2D eigenvalue weighted by molar-refractivity contribution is 5.33. The number of aryl methyl sites for hydroxylation is 2. The molecule has 0 radical (unpaired) electrons. The van der Waals surface area contributed by atoms with Crippen LogP contribution in [0.4, 0.5) is 0 Å². The van der Waals surface area contributed by atoms with Crippen LogP contribution in [0.3, 0.4) is 0 Å². The van der Waals surface area contributed by atoms with Crippen molar-refractivity contribution in [3.05, 3.63) is 29.3 Å². The van der Waals surface area contributed by atoms with Gasteiger partial charge in [0.25, 0.3) is 0 Å². The zero-order valence-corrected chi connectivity index (χ0v) is 10.7. The largest absolute Gasteiger partial charge is 0.491 e. The Morgan fingerprint density at radius 2 is 1.94 bits per heavy atom. The van der Waals surface area contributed by atoms with Crippen LogP contribution in [0.5, 0.6) is 5.75 Å². The normalized spacial score (nSPS) is 14.6. The SMILES string of the molecule is CCc1cc(C)cc(O[C@@H](C)C[C@@H](C)O)c1. The Bertz CT molecular complexity index is 332. The molecule has 1 aromatic carbocycles. The Morgan fingerprint density at radius 3 is 2.50 bits per heavy atom. The summed E-state index contributed by atoms with van der Waals surface area (Å²) in [4.78, 5) is 0. The molecule has 2 nitrogen and oxygen atoms in total. The first kappa shape index (κ1) is 13.0. The first-order chi connectivity index (χ1) is 7.51. The molecule has 2 atom stereocenters. The molecule has 0 saturated heterocycles. The summed E-state index contributed by atoms with van der Waals surface area (Å²) in [5.74, 6) is 0.907. The molecule has 0 amide bonds. The Hall–Kier alpha value is -1.02. The van der Waals surface area contributed by atoms with E-state index in [9.17, 15) is 5.11 Å². The summed E-state index contributed by atoms with van der Waals surface area (Å²) in [5, 5.41) is 9.28. The quantitative estimate of drug-likeness (QED) is 0.829. The molecule has 0 spiro atoms. The van der Waals surface area contributed by atoms with Crippen LogP contribution in [0.1, 0.15) is 38.3 Å². The molecule has 1 rings (SSSR count).